The molecule has 7 nitrogen and oxygen atoms in total. The first-order chi connectivity index (χ1) is 17.7. The van der Waals surface area contributed by atoms with Crippen LogP contribution in [0.15, 0.2) is 95.8 Å². The molecule has 0 radical (unpaired) electrons. The van der Waals surface area contributed by atoms with E-state index in [2.05, 4.69) is 16.7 Å². The second-order valence-corrected chi connectivity index (χ2v) is 9.82. The second-order valence-electron chi connectivity index (χ2n) is 7.86. The lowest BCUT2D eigenvalue weighted by Gasteiger charge is -2.04. The van der Waals surface area contributed by atoms with Gasteiger partial charge < -0.3 is 4.74 Å². The van der Waals surface area contributed by atoms with Crippen LogP contribution in [0.1, 0.15) is 5.56 Å². The molecule has 0 aliphatic carbocycles. The second kappa shape index (κ2) is 9.37. The van der Waals surface area contributed by atoms with Crippen LogP contribution >= 0.6 is 22.7 Å². The summed E-state index contributed by atoms with van der Waals surface area (Å²) in [5, 5.41) is 11.3. The van der Waals surface area contributed by atoms with Crippen molar-refractivity contribution in [1.29, 1.82) is 0 Å². The monoisotopic (exact) mass is 509 g/mol. The topological polar surface area (TPSA) is 74.3 Å². The molecule has 36 heavy (non-hydrogen) atoms. The molecular weight excluding hydrogens is 490 g/mol. The van der Waals surface area contributed by atoms with Crippen LogP contribution in [0.2, 0.25) is 0 Å². The van der Waals surface area contributed by atoms with Gasteiger partial charge >= 0.3 is 0 Å². The van der Waals surface area contributed by atoms with E-state index in [1.807, 2.05) is 89.1 Å². The summed E-state index contributed by atoms with van der Waals surface area (Å²) in [7, 11) is 0. The van der Waals surface area contributed by atoms with Gasteiger partial charge in [0.1, 0.15) is 18.1 Å². The number of para-hydroxylation sites is 1. The summed E-state index contributed by atoms with van der Waals surface area (Å²) >= 11 is 2.86. The normalized spacial score (nSPS) is 11.8. The van der Waals surface area contributed by atoms with Gasteiger partial charge in [0, 0.05) is 17.3 Å². The fraction of sp³-hybridized carbons (Fsp3) is 0.0370. The fourth-order valence-corrected chi connectivity index (χ4v) is 5.33. The molecule has 176 valence electrons. The predicted molar refractivity (Wildman–Crippen MR) is 144 cm³/mol. The minimum atomic E-state index is -0.197. The zero-order valence-corrected chi connectivity index (χ0v) is 20.6. The molecule has 2 aromatic carbocycles. The van der Waals surface area contributed by atoms with Gasteiger partial charge in [-0.25, -0.2) is 4.68 Å². The van der Waals surface area contributed by atoms with Crippen LogP contribution in [0.3, 0.4) is 0 Å². The smallest absolute Gasteiger partial charge is 0.291 e. The van der Waals surface area contributed by atoms with E-state index < -0.39 is 0 Å². The summed E-state index contributed by atoms with van der Waals surface area (Å²) in [5.41, 5.74) is 3.21. The molecule has 0 saturated heterocycles. The quantitative estimate of drug-likeness (QED) is 0.288. The maximum atomic E-state index is 13.2. The molecule has 4 aromatic heterocycles. The first-order valence-corrected chi connectivity index (χ1v) is 12.8. The molecule has 6 aromatic rings. The minimum Gasteiger partial charge on any atom is -0.490 e. The number of thiazole rings is 1. The maximum Gasteiger partial charge on any atom is 0.291 e. The molecule has 0 saturated carbocycles. The van der Waals surface area contributed by atoms with Gasteiger partial charge in [-0.3, -0.25) is 4.79 Å². The van der Waals surface area contributed by atoms with Gasteiger partial charge in [-0.15, -0.1) is 16.4 Å². The Morgan fingerprint density at radius 1 is 1.00 bits per heavy atom. The van der Waals surface area contributed by atoms with E-state index in [4.69, 9.17) is 9.84 Å². The number of aromatic nitrogens is 5. The zero-order valence-electron chi connectivity index (χ0n) is 18.9. The van der Waals surface area contributed by atoms with Gasteiger partial charge in [0.25, 0.3) is 5.56 Å². The largest absolute Gasteiger partial charge is 0.490 e. The Bertz CT molecular complexity index is 1770. The van der Waals surface area contributed by atoms with E-state index in [9.17, 15) is 4.79 Å². The summed E-state index contributed by atoms with van der Waals surface area (Å²) < 4.78 is 9.35. The minimum absolute atomic E-state index is 0.197. The molecule has 0 bridgehead atoms. The van der Waals surface area contributed by atoms with Crippen LogP contribution < -0.4 is 14.8 Å². The highest BCUT2D eigenvalue weighted by Crippen LogP contribution is 2.27. The van der Waals surface area contributed by atoms with E-state index in [1.54, 1.807) is 17.4 Å². The average Bonchev–Trinajstić information content (AvgIpc) is 3.70. The first kappa shape index (κ1) is 22.1. The summed E-state index contributed by atoms with van der Waals surface area (Å²) in [6.07, 6.45) is 5.50. The molecule has 0 spiro atoms. The lowest BCUT2D eigenvalue weighted by molar-refractivity contribution is 0.363. The highest BCUT2D eigenvalue weighted by atomic mass is 32.1. The Kier molecular flexibility index (Phi) is 5.76. The molecule has 9 heteroatoms. The number of thiophene rings is 1. The summed E-state index contributed by atoms with van der Waals surface area (Å²) in [6.45, 7) is 4.12. The number of fused-ring (bicyclic) bond motifs is 1. The van der Waals surface area contributed by atoms with Crippen molar-refractivity contribution in [3.63, 3.8) is 0 Å². The highest BCUT2D eigenvalue weighted by Gasteiger charge is 2.15. The van der Waals surface area contributed by atoms with Crippen LogP contribution in [-0.2, 0) is 0 Å². The maximum absolute atomic E-state index is 13.2. The Hall–Kier alpha value is -4.34. The average molecular weight is 510 g/mol. The molecule has 0 aliphatic rings. The third-order valence-electron chi connectivity index (χ3n) is 5.47. The van der Waals surface area contributed by atoms with E-state index in [-0.39, 0.29) is 5.56 Å². The summed E-state index contributed by atoms with van der Waals surface area (Å²) in [6, 6.07) is 21.5. The molecular formula is C27H19N5O2S2. The number of rotatable bonds is 7. The number of ether oxygens (including phenoxy) is 1. The number of nitrogens with zero attached hydrogens (tertiary/aromatic N) is 5. The van der Waals surface area contributed by atoms with Crippen LogP contribution in [0.4, 0.5) is 0 Å². The van der Waals surface area contributed by atoms with E-state index in [0.717, 1.165) is 33.1 Å². The molecule has 0 unspecified atom stereocenters. The lowest BCUT2D eigenvalue weighted by Crippen LogP contribution is -2.23. The standard InChI is InChI=1S/C27H19N5O2S2/c1-2-14-34-21-12-10-18(11-13-21)24-19(17-31(29-24)20-7-4-3-5-8-20)16-23-26(33)32-27(36-23)28-25(30-32)22-9-6-15-35-22/h2-13,15-17H,1,14H2. The Morgan fingerprint density at radius 2 is 1.83 bits per heavy atom. The van der Waals surface area contributed by atoms with E-state index >= 15 is 0 Å². The van der Waals surface area contributed by atoms with Gasteiger partial charge in [0.05, 0.1) is 15.1 Å². The van der Waals surface area contributed by atoms with Crippen molar-refractivity contribution in [2.45, 2.75) is 0 Å². The number of hydrogen-bond donors (Lipinski definition) is 0. The molecule has 0 N–H and O–H groups in total. The predicted octanol–water partition coefficient (Wildman–Crippen LogP) is 4.84. The Labute approximate surface area is 213 Å². The van der Waals surface area contributed by atoms with Gasteiger partial charge in [-0.1, -0.05) is 48.3 Å². The molecule has 0 fully saturated rings. The van der Waals surface area contributed by atoms with Gasteiger partial charge in [0.2, 0.25) is 4.96 Å². The van der Waals surface area contributed by atoms with Crippen LogP contribution in [-0.4, -0.2) is 31.0 Å². The molecule has 0 aliphatic heterocycles. The summed E-state index contributed by atoms with van der Waals surface area (Å²) in [4.78, 5) is 19.2. The van der Waals surface area contributed by atoms with Crippen molar-refractivity contribution < 1.29 is 4.74 Å². The SMILES string of the molecule is C=CCOc1ccc(-c2nn(-c3ccccc3)cc2C=c2sc3nc(-c4cccs4)nn3c2=O)cc1. The van der Waals surface area contributed by atoms with Crippen LogP contribution in [0, 0.1) is 0 Å². The summed E-state index contributed by atoms with van der Waals surface area (Å²) in [5.74, 6) is 1.32. The van der Waals surface area contributed by atoms with Gasteiger partial charge in [-0.05, 0) is 53.9 Å². The molecule has 0 amide bonds. The van der Waals surface area contributed by atoms with E-state index in [0.29, 0.717) is 21.9 Å². The third kappa shape index (κ3) is 4.15. The van der Waals surface area contributed by atoms with E-state index in [1.165, 1.54) is 15.9 Å². The first-order valence-electron chi connectivity index (χ1n) is 11.1. The lowest BCUT2D eigenvalue weighted by atomic mass is 10.1. The van der Waals surface area contributed by atoms with Crippen molar-refractivity contribution in [3.8, 4) is 33.4 Å². The fourth-order valence-electron chi connectivity index (χ4n) is 3.78. The van der Waals surface area contributed by atoms with Crippen LogP contribution in [0.25, 0.3) is 38.7 Å². The van der Waals surface area contributed by atoms with Crippen LogP contribution in [0.5, 0.6) is 5.75 Å². The zero-order chi connectivity index (χ0) is 24.5. The van der Waals surface area contributed by atoms with Gasteiger partial charge in [-0.2, -0.15) is 14.6 Å². The molecule has 0 atom stereocenters. The Balaban J connectivity index is 1.45. The number of benzene rings is 2. The van der Waals surface area contributed by atoms with Crippen molar-refractivity contribution >= 4 is 33.7 Å². The van der Waals surface area contributed by atoms with Crippen molar-refractivity contribution in [2.75, 3.05) is 6.61 Å². The van der Waals surface area contributed by atoms with Gasteiger partial charge in [0.15, 0.2) is 5.82 Å². The van der Waals surface area contributed by atoms with Crippen molar-refractivity contribution in [3.05, 3.63) is 111 Å². The molecule has 4 heterocycles. The van der Waals surface area contributed by atoms with Crippen molar-refractivity contribution in [1.82, 2.24) is 24.4 Å². The molecule has 6 rings (SSSR count). The van der Waals surface area contributed by atoms with Crippen molar-refractivity contribution in [2.24, 2.45) is 0 Å². The third-order valence-corrected chi connectivity index (χ3v) is 7.29. The Morgan fingerprint density at radius 3 is 2.56 bits per heavy atom. The highest BCUT2D eigenvalue weighted by molar-refractivity contribution is 7.15. The number of hydrogen-bond acceptors (Lipinski definition) is 7.